The van der Waals surface area contributed by atoms with E-state index in [4.69, 9.17) is 4.52 Å². The van der Waals surface area contributed by atoms with Crippen LogP contribution in [0.1, 0.15) is 55.3 Å². The van der Waals surface area contributed by atoms with E-state index in [9.17, 15) is 0 Å². The highest BCUT2D eigenvalue weighted by Crippen LogP contribution is 2.31. The topological polar surface area (TPSA) is 51.0 Å². The van der Waals surface area contributed by atoms with Crippen molar-refractivity contribution in [1.82, 2.24) is 15.5 Å². The highest BCUT2D eigenvalue weighted by atomic mass is 16.5. The third-order valence-electron chi connectivity index (χ3n) is 4.39. The lowest BCUT2D eigenvalue weighted by Crippen LogP contribution is -2.31. The summed E-state index contributed by atoms with van der Waals surface area (Å²) in [6, 6.07) is 10.7. The third-order valence-corrected chi connectivity index (χ3v) is 4.39. The predicted molar refractivity (Wildman–Crippen MR) is 82.2 cm³/mol. The van der Waals surface area contributed by atoms with Gasteiger partial charge in [0.05, 0.1) is 5.92 Å². The van der Waals surface area contributed by atoms with Crippen molar-refractivity contribution in [2.24, 2.45) is 0 Å². The van der Waals surface area contributed by atoms with E-state index in [0.717, 1.165) is 24.6 Å². The normalized spacial score (nSPS) is 22.9. The molecular formula is C17H23N3O. The van der Waals surface area contributed by atoms with Crippen LogP contribution in [0.4, 0.5) is 0 Å². The van der Waals surface area contributed by atoms with E-state index in [1.54, 1.807) is 0 Å². The Morgan fingerprint density at radius 2 is 1.95 bits per heavy atom. The van der Waals surface area contributed by atoms with Gasteiger partial charge < -0.3 is 9.84 Å². The maximum atomic E-state index is 5.56. The Balaban J connectivity index is 1.74. The van der Waals surface area contributed by atoms with Gasteiger partial charge in [-0.1, -0.05) is 54.8 Å². The van der Waals surface area contributed by atoms with Gasteiger partial charge in [0.2, 0.25) is 5.89 Å². The van der Waals surface area contributed by atoms with Gasteiger partial charge in [-0.3, -0.25) is 0 Å². The highest BCUT2D eigenvalue weighted by molar-refractivity contribution is 5.18. The van der Waals surface area contributed by atoms with Crippen LogP contribution in [0.15, 0.2) is 34.9 Å². The molecule has 21 heavy (non-hydrogen) atoms. The maximum Gasteiger partial charge on any atom is 0.231 e. The van der Waals surface area contributed by atoms with Crippen molar-refractivity contribution in [3.05, 3.63) is 47.6 Å². The second kappa shape index (κ2) is 6.85. The SMILES string of the molecule is CNC1CCCCCC1c1nc(Cc2ccccc2)no1. The zero-order chi connectivity index (χ0) is 14.5. The summed E-state index contributed by atoms with van der Waals surface area (Å²) < 4.78 is 5.56. The maximum absolute atomic E-state index is 5.56. The number of benzene rings is 1. The standard InChI is InChI=1S/C17H23N3O/c1-18-15-11-7-3-6-10-14(15)17-19-16(20-21-17)12-13-8-4-2-5-9-13/h2,4-5,8-9,14-15,18H,3,6-7,10-12H2,1H3. The lowest BCUT2D eigenvalue weighted by molar-refractivity contribution is 0.309. The first kappa shape index (κ1) is 14.3. The van der Waals surface area contributed by atoms with Crippen LogP contribution in [-0.4, -0.2) is 23.2 Å². The first-order valence-corrected chi connectivity index (χ1v) is 7.90. The summed E-state index contributed by atoms with van der Waals surface area (Å²) in [5.41, 5.74) is 1.22. The monoisotopic (exact) mass is 285 g/mol. The first-order chi connectivity index (χ1) is 10.4. The number of hydrogen-bond donors (Lipinski definition) is 1. The van der Waals surface area contributed by atoms with E-state index in [1.807, 2.05) is 25.2 Å². The lowest BCUT2D eigenvalue weighted by Gasteiger charge is -2.20. The van der Waals surface area contributed by atoms with Crippen LogP contribution in [0.3, 0.4) is 0 Å². The van der Waals surface area contributed by atoms with Crippen LogP contribution >= 0.6 is 0 Å². The summed E-state index contributed by atoms with van der Waals surface area (Å²) in [5, 5.41) is 7.60. The molecule has 2 aromatic rings. The molecular weight excluding hydrogens is 262 g/mol. The number of hydrogen-bond acceptors (Lipinski definition) is 4. The van der Waals surface area contributed by atoms with Crippen molar-refractivity contribution in [2.45, 2.75) is 50.5 Å². The Morgan fingerprint density at radius 3 is 2.76 bits per heavy atom. The number of likely N-dealkylation sites (N-methyl/N-ethyl adjacent to an activating group) is 1. The molecule has 0 aliphatic heterocycles. The van der Waals surface area contributed by atoms with Crippen LogP contribution < -0.4 is 5.32 Å². The molecule has 2 unspecified atom stereocenters. The Kier molecular flexibility index (Phi) is 4.65. The van der Waals surface area contributed by atoms with Crippen LogP contribution in [0.25, 0.3) is 0 Å². The molecule has 1 aliphatic rings. The average molecular weight is 285 g/mol. The van der Waals surface area contributed by atoms with Gasteiger partial charge in [0, 0.05) is 12.5 Å². The fraction of sp³-hybridized carbons (Fsp3) is 0.529. The van der Waals surface area contributed by atoms with Gasteiger partial charge in [-0.25, -0.2) is 0 Å². The molecule has 0 radical (unpaired) electrons. The van der Waals surface area contributed by atoms with E-state index in [2.05, 4.69) is 27.6 Å². The van der Waals surface area contributed by atoms with E-state index < -0.39 is 0 Å². The number of aromatic nitrogens is 2. The van der Waals surface area contributed by atoms with Gasteiger partial charge in [-0.15, -0.1) is 0 Å². The van der Waals surface area contributed by atoms with Crippen LogP contribution in [-0.2, 0) is 6.42 Å². The first-order valence-electron chi connectivity index (χ1n) is 7.90. The summed E-state index contributed by atoms with van der Waals surface area (Å²) in [6.45, 7) is 0. The molecule has 1 saturated carbocycles. The average Bonchev–Trinajstić information content (AvgIpc) is 2.84. The fourth-order valence-corrected chi connectivity index (χ4v) is 3.22. The van der Waals surface area contributed by atoms with Gasteiger partial charge >= 0.3 is 0 Å². The molecule has 1 aromatic carbocycles. The van der Waals surface area contributed by atoms with Crippen molar-refractivity contribution < 1.29 is 4.52 Å². The van der Waals surface area contributed by atoms with E-state index in [-0.39, 0.29) is 0 Å². The van der Waals surface area contributed by atoms with Gasteiger partial charge in [0.1, 0.15) is 0 Å². The lowest BCUT2D eigenvalue weighted by atomic mass is 9.95. The van der Waals surface area contributed by atoms with Crippen molar-refractivity contribution in [2.75, 3.05) is 7.05 Å². The Hall–Kier alpha value is -1.68. The van der Waals surface area contributed by atoms with Crippen molar-refractivity contribution >= 4 is 0 Å². The van der Waals surface area contributed by atoms with Crippen molar-refractivity contribution in [1.29, 1.82) is 0 Å². The molecule has 0 bridgehead atoms. The summed E-state index contributed by atoms with van der Waals surface area (Å²) in [6.07, 6.45) is 6.91. The molecule has 112 valence electrons. The summed E-state index contributed by atoms with van der Waals surface area (Å²) in [4.78, 5) is 4.65. The summed E-state index contributed by atoms with van der Waals surface area (Å²) >= 11 is 0. The Morgan fingerprint density at radius 1 is 1.14 bits per heavy atom. The predicted octanol–water partition coefficient (Wildman–Crippen LogP) is 3.30. The van der Waals surface area contributed by atoms with Crippen molar-refractivity contribution in [3.8, 4) is 0 Å². The molecule has 1 aromatic heterocycles. The quantitative estimate of drug-likeness (QED) is 0.876. The van der Waals surface area contributed by atoms with E-state index in [1.165, 1.54) is 31.2 Å². The van der Waals surface area contributed by atoms with Crippen LogP contribution in [0, 0.1) is 0 Å². The fourth-order valence-electron chi connectivity index (χ4n) is 3.22. The van der Waals surface area contributed by atoms with Gasteiger partial charge in [0.25, 0.3) is 0 Å². The molecule has 3 rings (SSSR count). The number of nitrogens with zero attached hydrogens (tertiary/aromatic N) is 2. The molecule has 4 nitrogen and oxygen atoms in total. The van der Waals surface area contributed by atoms with Crippen LogP contribution in [0.2, 0.25) is 0 Å². The second-order valence-electron chi connectivity index (χ2n) is 5.85. The molecule has 1 aliphatic carbocycles. The van der Waals surface area contributed by atoms with Crippen LogP contribution in [0.5, 0.6) is 0 Å². The zero-order valence-electron chi connectivity index (χ0n) is 12.6. The molecule has 4 heteroatoms. The number of rotatable bonds is 4. The minimum absolute atomic E-state index is 0.356. The minimum atomic E-state index is 0.356. The smallest absolute Gasteiger partial charge is 0.231 e. The van der Waals surface area contributed by atoms with Gasteiger partial charge in [0.15, 0.2) is 5.82 Å². The Bertz CT molecular complexity index is 552. The Labute approximate surface area is 126 Å². The molecule has 2 atom stereocenters. The summed E-state index contributed by atoms with van der Waals surface area (Å²) in [5.74, 6) is 1.95. The largest absolute Gasteiger partial charge is 0.339 e. The van der Waals surface area contributed by atoms with Gasteiger partial charge in [-0.05, 0) is 25.5 Å². The second-order valence-corrected chi connectivity index (χ2v) is 5.85. The minimum Gasteiger partial charge on any atom is -0.339 e. The zero-order valence-corrected chi connectivity index (χ0v) is 12.6. The van der Waals surface area contributed by atoms with E-state index in [0.29, 0.717) is 12.0 Å². The highest BCUT2D eigenvalue weighted by Gasteiger charge is 2.28. The van der Waals surface area contributed by atoms with Gasteiger partial charge in [-0.2, -0.15) is 4.98 Å². The molecule has 1 fully saturated rings. The molecule has 0 spiro atoms. The molecule has 1 heterocycles. The summed E-state index contributed by atoms with van der Waals surface area (Å²) in [7, 11) is 2.03. The molecule has 0 amide bonds. The van der Waals surface area contributed by atoms with E-state index >= 15 is 0 Å². The number of nitrogens with one attached hydrogen (secondary N) is 1. The molecule has 0 saturated heterocycles. The van der Waals surface area contributed by atoms with Crippen molar-refractivity contribution in [3.63, 3.8) is 0 Å². The molecule has 1 N–H and O–H groups in total. The third kappa shape index (κ3) is 3.50.